The van der Waals surface area contributed by atoms with E-state index in [9.17, 15) is 9.59 Å². The molecule has 0 bridgehead atoms. The van der Waals surface area contributed by atoms with Gasteiger partial charge in [-0.15, -0.1) is 0 Å². The van der Waals surface area contributed by atoms with Crippen molar-refractivity contribution in [2.75, 3.05) is 25.5 Å². The number of urea groups is 1. The summed E-state index contributed by atoms with van der Waals surface area (Å²) in [6.45, 7) is 7.15. The molecular weight excluding hydrogens is 362 g/mol. The van der Waals surface area contributed by atoms with Gasteiger partial charge in [-0.25, -0.2) is 4.79 Å². The Bertz CT molecular complexity index is 788. The van der Waals surface area contributed by atoms with E-state index in [0.29, 0.717) is 29.4 Å². The number of rotatable bonds is 6. The summed E-state index contributed by atoms with van der Waals surface area (Å²) in [5.74, 6) is -0.0117. The fourth-order valence-corrected chi connectivity index (χ4v) is 3.09. The van der Waals surface area contributed by atoms with Gasteiger partial charge in [0.15, 0.2) is 0 Å². The van der Waals surface area contributed by atoms with Gasteiger partial charge in [0.1, 0.15) is 0 Å². The van der Waals surface area contributed by atoms with Gasteiger partial charge in [0.2, 0.25) is 0 Å². The minimum atomic E-state index is -0.245. The minimum Gasteiger partial charge on any atom is -0.339 e. The van der Waals surface area contributed by atoms with E-state index >= 15 is 0 Å². The summed E-state index contributed by atoms with van der Waals surface area (Å²) in [6.07, 6.45) is 0. The molecule has 1 atom stereocenters. The van der Waals surface area contributed by atoms with Crippen LogP contribution in [0.3, 0.4) is 0 Å². The molecule has 6 heteroatoms. The molecule has 0 aromatic heterocycles. The second-order valence-corrected chi connectivity index (χ2v) is 6.70. The number of nitrogens with zero attached hydrogens (tertiary/aromatic N) is 2. The lowest BCUT2D eigenvalue weighted by Crippen LogP contribution is -2.33. The van der Waals surface area contributed by atoms with Gasteiger partial charge in [0.25, 0.3) is 5.91 Å². The van der Waals surface area contributed by atoms with E-state index in [2.05, 4.69) is 5.32 Å². The summed E-state index contributed by atoms with van der Waals surface area (Å²) in [7, 11) is 1.72. The molecule has 0 radical (unpaired) electrons. The fourth-order valence-electron chi connectivity index (χ4n) is 2.80. The summed E-state index contributed by atoms with van der Waals surface area (Å²) in [4.78, 5) is 28.2. The second kappa shape index (κ2) is 9.42. The lowest BCUT2D eigenvalue weighted by molar-refractivity contribution is 0.0773. The number of hydrogen-bond acceptors (Lipinski definition) is 2. The van der Waals surface area contributed by atoms with Crippen LogP contribution in [0, 0.1) is 0 Å². The lowest BCUT2D eigenvalue weighted by Gasteiger charge is -2.26. The highest BCUT2D eigenvalue weighted by Crippen LogP contribution is 2.26. The third kappa shape index (κ3) is 5.01. The predicted molar refractivity (Wildman–Crippen MR) is 110 cm³/mol. The number of halogens is 1. The zero-order chi connectivity index (χ0) is 20.0. The zero-order valence-corrected chi connectivity index (χ0v) is 17.0. The smallest absolute Gasteiger partial charge is 0.322 e. The normalized spacial score (nSPS) is 11.6. The topological polar surface area (TPSA) is 52.7 Å². The van der Waals surface area contributed by atoms with E-state index in [4.69, 9.17) is 11.6 Å². The van der Waals surface area contributed by atoms with Crippen LogP contribution < -0.4 is 5.32 Å². The molecule has 5 nitrogen and oxygen atoms in total. The van der Waals surface area contributed by atoms with Crippen molar-refractivity contribution in [2.24, 2.45) is 0 Å². The first-order valence-electron chi connectivity index (χ1n) is 9.06. The summed E-state index contributed by atoms with van der Waals surface area (Å²) >= 11 is 6.23. The Balaban J connectivity index is 2.05. The minimum absolute atomic E-state index is 0.0117. The van der Waals surface area contributed by atoms with Crippen molar-refractivity contribution in [3.63, 3.8) is 0 Å². The van der Waals surface area contributed by atoms with Gasteiger partial charge in [0, 0.05) is 36.4 Å². The number of benzene rings is 2. The molecule has 0 fully saturated rings. The van der Waals surface area contributed by atoms with Crippen molar-refractivity contribution in [3.8, 4) is 0 Å². The Hall–Kier alpha value is -2.53. The number of carbonyl (C=O) groups is 2. The van der Waals surface area contributed by atoms with Crippen LogP contribution in [-0.2, 0) is 0 Å². The van der Waals surface area contributed by atoms with Crippen molar-refractivity contribution in [1.29, 1.82) is 0 Å². The molecule has 0 aliphatic carbocycles. The van der Waals surface area contributed by atoms with Crippen LogP contribution >= 0.6 is 11.6 Å². The monoisotopic (exact) mass is 387 g/mol. The molecule has 0 aliphatic rings. The van der Waals surface area contributed by atoms with Crippen LogP contribution in [0.5, 0.6) is 0 Å². The largest absolute Gasteiger partial charge is 0.339 e. The third-order valence-corrected chi connectivity index (χ3v) is 5.03. The van der Waals surface area contributed by atoms with Crippen LogP contribution in [0.2, 0.25) is 5.02 Å². The first-order valence-corrected chi connectivity index (χ1v) is 9.44. The van der Waals surface area contributed by atoms with Crippen LogP contribution in [0.25, 0.3) is 0 Å². The molecule has 0 aliphatic heterocycles. The van der Waals surface area contributed by atoms with Crippen LogP contribution in [0.1, 0.15) is 42.7 Å². The molecular formula is C21H26ClN3O2. The third-order valence-electron chi connectivity index (χ3n) is 4.69. The number of anilines is 1. The predicted octanol–water partition coefficient (Wildman–Crippen LogP) is 5.05. The highest BCUT2D eigenvalue weighted by molar-refractivity contribution is 6.31. The molecule has 27 heavy (non-hydrogen) atoms. The van der Waals surface area contributed by atoms with Crippen LogP contribution in [-0.4, -0.2) is 41.9 Å². The van der Waals surface area contributed by atoms with E-state index in [-0.39, 0.29) is 18.0 Å². The maximum Gasteiger partial charge on any atom is 0.322 e. The van der Waals surface area contributed by atoms with E-state index in [1.807, 2.05) is 45.0 Å². The zero-order valence-electron chi connectivity index (χ0n) is 16.2. The molecule has 0 saturated heterocycles. The molecule has 1 unspecified atom stereocenters. The average molecular weight is 388 g/mol. The van der Waals surface area contributed by atoms with Crippen molar-refractivity contribution >= 4 is 29.2 Å². The Morgan fingerprint density at radius 2 is 1.63 bits per heavy atom. The first-order chi connectivity index (χ1) is 12.9. The maximum absolute atomic E-state index is 12.6. The highest BCUT2D eigenvalue weighted by atomic mass is 35.5. The first kappa shape index (κ1) is 20.8. The molecule has 0 saturated carbocycles. The van der Waals surface area contributed by atoms with Crippen molar-refractivity contribution in [3.05, 3.63) is 64.7 Å². The molecule has 2 rings (SSSR count). The Labute approximate surface area is 165 Å². The van der Waals surface area contributed by atoms with Gasteiger partial charge >= 0.3 is 6.03 Å². The molecule has 0 spiro atoms. The van der Waals surface area contributed by atoms with Gasteiger partial charge in [-0.3, -0.25) is 4.79 Å². The van der Waals surface area contributed by atoms with E-state index in [0.717, 1.165) is 5.56 Å². The quantitative estimate of drug-likeness (QED) is 0.754. The van der Waals surface area contributed by atoms with Crippen molar-refractivity contribution in [1.82, 2.24) is 9.80 Å². The molecule has 144 valence electrons. The number of carbonyl (C=O) groups excluding carboxylic acids is 2. The summed E-state index contributed by atoms with van der Waals surface area (Å²) in [6, 6.07) is 14.0. The summed E-state index contributed by atoms with van der Waals surface area (Å²) in [5, 5.41) is 3.48. The van der Waals surface area contributed by atoms with Crippen molar-refractivity contribution in [2.45, 2.75) is 26.8 Å². The van der Waals surface area contributed by atoms with Gasteiger partial charge in [-0.2, -0.15) is 0 Å². The second-order valence-electron chi connectivity index (χ2n) is 6.29. The van der Waals surface area contributed by atoms with E-state index < -0.39 is 0 Å². The molecule has 2 aromatic rings. The Kier molecular flexibility index (Phi) is 7.25. The van der Waals surface area contributed by atoms with Gasteiger partial charge in [-0.05, 0) is 56.7 Å². The molecule has 2 aromatic carbocycles. The average Bonchev–Trinajstić information content (AvgIpc) is 2.68. The van der Waals surface area contributed by atoms with Crippen LogP contribution in [0.15, 0.2) is 48.5 Å². The van der Waals surface area contributed by atoms with Crippen LogP contribution in [0.4, 0.5) is 10.5 Å². The lowest BCUT2D eigenvalue weighted by atomic mass is 10.1. The summed E-state index contributed by atoms with van der Waals surface area (Å²) in [5.41, 5.74) is 2.13. The van der Waals surface area contributed by atoms with Gasteiger partial charge in [0.05, 0.1) is 6.04 Å². The number of amides is 3. The molecule has 1 N–H and O–H groups in total. The maximum atomic E-state index is 12.6. The molecule has 3 amide bonds. The van der Waals surface area contributed by atoms with E-state index in [1.54, 1.807) is 41.1 Å². The Morgan fingerprint density at radius 3 is 2.19 bits per heavy atom. The standard InChI is InChI=1S/C21H26ClN3O2/c1-5-25(6-2)20(26)16-11-13-17(14-12-16)23-21(27)24(4)15(3)18-9-7-8-10-19(18)22/h7-15H,5-6H2,1-4H3,(H,23,27). The summed E-state index contributed by atoms with van der Waals surface area (Å²) < 4.78 is 0. The SMILES string of the molecule is CCN(CC)C(=O)c1ccc(NC(=O)N(C)C(C)c2ccccc2Cl)cc1. The van der Waals surface area contributed by atoms with Crippen molar-refractivity contribution < 1.29 is 9.59 Å². The number of hydrogen-bond donors (Lipinski definition) is 1. The van der Waals surface area contributed by atoms with Gasteiger partial charge in [-0.1, -0.05) is 29.8 Å². The van der Waals surface area contributed by atoms with E-state index in [1.165, 1.54) is 0 Å². The Morgan fingerprint density at radius 1 is 1.04 bits per heavy atom. The molecule has 0 heterocycles. The number of nitrogens with one attached hydrogen (secondary N) is 1. The highest BCUT2D eigenvalue weighted by Gasteiger charge is 2.19. The van der Waals surface area contributed by atoms with Gasteiger partial charge < -0.3 is 15.1 Å². The fraction of sp³-hybridized carbons (Fsp3) is 0.333.